The van der Waals surface area contributed by atoms with Crippen LogP contribution in [0.25, 0.3) is 0 Å². The van der Waals surface area contributed by atoms with Crippen LogP contribution in [0.5, 0.6) is 0 Å². The smallest absolute Gasteiger partial charge is 0.312 e. The van der Waals surface area contributed by atoms with E-state index >= 15 is 4.79 Å². The number of carbonyl (C=O) groups is 1. The van der Waals surface area contributed by atoms with E-state index in [1.165, 1.54) is 89.0 Å². The van der Waals surface area contributed by atoms with Gasteiger partial charge in [0.15, 0.2) is 0 Å². The molecular weight excluding hydrogens is 733 g/mol. The van der Waals surface area contributed by atoms with Crippen LogP contribution in [-0.4, -0.2) is 23.3 Å². The van der Waals surface area contributed by atoms with Gasteiger partial charge in [0.25, 0.3) is 0 Å². The van der Waals surface area contributed by atoms with Crippen molar-refractivity contribution in [1.82, 2.24) is 0 Å². The van der Waals surface area contributed by atoms with Gasteiger partial charge in [-0.05, 0) is 214 Å². The number of fused-ring (bicyclic) bond motifs is 12. The molecule has 0 radical (unpaired) electrons. The Hall–Kier alpha value is -1.09. The fourth-order valence-corrected chi connectivity index (χ4v) is 20.5. The molecule has 18 atom stereocenters. The molecule has 60 heavy (non-hydrogen) atoms. The Morgan fingerprint density at radius 1 is 0.750 bits per heavy atom. The summed E-state index contributed by atoms with van der Waals surface area (Å²) in [5.41, 5.74) is 4.08. The Morgan fingerprint density at radius 2 is 1.48 bits per heavy atom. The van der Waals surface area contributed by atoms with Crippen molar-refractivity contribution < 1.29 is 14.6 Å². The first-order valence-corrected chi connectivity index (χ1v) is 26.4. The molecular formula is C57H92O3. The van der Waals surface area contributed by atoms with Crippen LogP contribution in [0, 0.1) is 103 Å². The largest absolute Gasteiger partial charge is 0.462 e. The molecule has 0 aromatic carbocycles. The Morgan fingerprint density at radius 3 is 2.22 bits per heavy atom. The van der Waals surface area contributed by atoms with E-state index in [1.54, 1.807) is 5.57 Å². The van der Waals surface area contributed by atoms with Gasteiger partial charge in [-0.3, -0.25) is 4.79 Å². The number of aliphatic hydroxyl groups is 1. The van der Waals surface area contributed by atoms with Gasteiger partial charge in [-0.1, -0.05) is 112 Å². The molecule has 8 fully saturated rings. The summed E-state index contributed by atoms with van der Waals surface area (Å²) < 4.78 is 7.00. The molecule has 0 saturated heterocycles. The zero-order valence-electron chi connectivity index (χ0n) is 40.9. The van der Waals surface area contributed by atoms with Gasteiger partial charge in [-0.25, -0.2) is 0 Å². The van der Waals surface area contributed by atoms with E-state index in [1.807, 2.05) is 0 Å². The van der Waals surface area contributed by atoms with Crippen LogP contribution >= 0.6 is 0 Å². The summed E-state index contributed by atoms with van der Waals surface area (Å²) in [6, 6.07) is 0. The third-order valence-corrected chi connectivity index (χ3v) is 24.0. The fourth-order valence-electron chi connectivity index (χ4n) is 20.5. The standard InChI is InChI=1S/C57H92O3/c1-35(2)14-13-15-37(5)42-18-19-43-41-17-16-38-34-39(22-27-52(38,8)44(41)24-28-53(42,43)9)60-50(59)57-31-23-40(36(3)4)49(57)45-20-21-47-54(10)29-26-48(58)51(6,7)46(54)25-30-56(47,12)55(45,11)32-33-57/h16,35,37,39-49,58H,3,13-15,17-34H2,1-2,4-12H3/t37-,39-,40?,41+,42-,43+,44+,45-,46?,47-,48-,49?,52+,53-,54+,55-,56-,57+/m1/s1. The van der Waals surface area contributed by atoms with E-state index < -0.39 is 0 Å². The minimum Gasteiger partial charge on any atom is -0.462 e. The summed E-state index contributed by atoms with van der Waals surface area (Å²) in [6.07, 6.45) is 28.3. The van der Waals surface area contributed by atoms with E-state index in [4.69, 9.17) is 4.74 Å². The Labute approximate surface area is 369 Å². The fraction of sp³-hybridized carbons (Fsp3) is 0.912. The first-order chi connectivity index (χ1) is 28.2. The molecule has 8 saturated carbocycles. The molecule has 9 aliphatic carbocycles. The highest BCUT2D eigenvalue weighted by molar-refractivity contribution is 5.78. The van der Waals surface area contributed by atoms with Gasteiger partial charge >= 0.3 is 5.97 Å². The van der Waals surface area contributed by atoms with Gasteiger partial charge in [0.2, 0.25) is 0 Å². The van der Waals surface area contributed by atoms with Crippen LogP contribution in [0.15, 0.2) is 23.8 Å². The lowest BCUT2D eigenvalue weighted by Gasteiger charge is -2.72. The molecule has 0 spiro atoms. The van der Waals surface area contributed by atoms with Gasteiger partial charge in [-0.2, -0.15) is 0 Å². The highest BCUT2D eigenvalue weighted by Gasteiger charge is 2.72. The Balaban J connectivity index is 0.912. The molecule has 0 amide bonds. The summed E-state index contributed by atoms with van der Waals surface area (Å²) in [5.74, 6) is 7.84. The predicted molar refractivity (Wildman–Crippen MR) is 248 cm³/mol. The van der Waals surface area contributed by atoms with E-state index in [0.29, 0.717) is 35.0 Å². The highest BCUT2D eigenvalue weighted by atomic mass is 16.5. The molecule has 3 unspecified atom stereocenters. The topological polar surface area (TPSA) is 46.5 Å². The third kappa shape index (κ3) is 6.16. The molecule has 0 heterocycles. The van der Waals surface area contributed by atoms with Crippen LogP contribution in [0.1, 0.15) is 211 Å². The van der Waals surface area contributed by atoms with Gasteiger partial charge < -0.3 is 9.84 Å². The highest BCUT2D eigenvalue weighted by Crippen LogP contribution is 2.78. The van der Waals surface area contributed by atoms with Gasteiger partial charge in [-0.15, -0.1) is 0 Å². The van der Waals surface area contributed by atoms with Crippen molar-refractivity contribution in [1.29, 1.82) is 0 Å². The van der Waals surface area contributed by atoms with Crippen LogP contribution in [0.3, 0.4) is 0 Å². The minimum atomic E-state index is -0.361. The van der Waals surface area contributed by atoms with Crippen molar-refractivity contribution >= 4 is 5.97 Å². The number of carbonyl (C=O) groups excluding carboxylic acids is 1. The predicted octanol–water partition coefficient (Wildman–Crippen LogP) is 15.0. The summed E-state index contributed by atoms with van der Waals surface area (Å²) in [7, 11) is 0. The third-order valence-electron chi connectivity index (χ3n) is 24.0. The monoisotopic (exact) mass is 825 g/mol. The summed E-state index contributed by atoms with van der Waals surface area (Å²) >= 11 is 0. The molecule has 0 aromatic rings. The van der Waals surface area contributed by atoms with E-state index in [9.17, 15) is 5.11 Å². The van der Waals surface area contributed by atoms with Crippen molar-refractivity contribution in [3.05, 3.63) is 23.8 Å². The lowest BCUT2D eigenvalue weighted by atomic mass is 9.32. The summed E-state index contributed by atoms with van der Waals surface area (Å²) in [4.78, 5) is 15.2. The molecule has 3 heteroatoms. The lowest BCUT2D eigenvalue weighted by Crippen LogP contribution is -2.67. The minimum absolute atomic E-state index is 0.0252. The van der Waals surface area contributed by atoms with Gasteiger partial charge in [0, 0.05) is 6.42 Å². The van der Waals surface area contributed by atoms with Crippen molar-refractivity contribution in [3.8, 4) is 0 Å². The molecule has 3 nitrogen and oxygen atoms in total. The normalized spacial score (nSPS) is 52.0. The number of allylic oxidation sites excluding steroid dienone is 2. The van der Waals surface area contributed by atoms with Crippen LogP contribution in [-0.2, 0) is 9.53 Å². The van der Waals surface area contributed by atoms with Crippen molar-refractivity contribution in [2.75, 3.05) is 0 Å². The van der Waals surface area contributed by atoms with E-state index in [2.05, 4.69) is 88.8 Å². The molecule has 0 aromatic heterocycles. The quantitative estimate of drug-likeness (QED) is 0.196. The zero-order chi connectivity index (χ0) is 43.0. The van der Waals surface area contributed by atoms with Crippen molar-refractivity contribution in [2.45, 2.75) is 223 Å². The average Bonchev–Trinajstić information content (AvgIpc) is 3.76. The second-order valence-corrected chi connectivity index (χ2v) is 26.8. The van der Waals surface area contributed by atoms with Gasteiger partial charge in [0.05, 0.1) is 11.5 Å². The second-order valence-electron chi connectivity index (χ2n) is 26.8. The first kappa shape index (κ1) is 44.1. The Bertz CT molecular complexity index is 1710. The average molecular weight is 825 g/mol. The molecule has 9 rings (SSSR count). The number of rotatable bonds is 8. The number of ether oxygens (including phenoxy) is 1. The number of esters is 1. The second kappa shape index (κ2) is 15.0. The number of aliphatic hydroxyl groups excluding tert-OH is 1. The SMILES string of the molecule is C=C(C)C1CC[C@]2(C(=O)O[C@@H]3CC[C@@]4(C)C(=CC[C@H]5[C@@H]6CC[C@H]([C@H](C)CCCC(C)C)[C@@]6(C)CC[C@@H]54)C3)CC[C@]3(C)[C@H](CC[C@@H]4[C@@]5(C)CC[C@@H](O)C(C)(C)C5CC[C@]43C)C12. The summed E-state index contributed by atoms with van der Waals surface area (Å²) in [6.45, 7) is 32.4. The maximum Gasteiger partial charge on any atom is 0.312 e. The molecule has 0 bridgehead atoms. The van der Waals surface area contributed by atoms with Crippen molar-refractivity contribution in [3.63, 3.8) is 0 Å². The molecule has 9 aliphatic rings. The van der Waals surface area contributed by atoms with Crippen molar-refractivity contribution in [2.24, 2.45) is 103 Å². The number of hydrogen-bond acceptors (Lipinski definition) is 3. The lowest BCUT2D eigenvalue weighted by molar-refractivity contribution is -0.249. The first-order valence-electron chi connectivity index (χ1n) is 26.4. The molecule has 338 valence electrons. The zero-order valence-corrected chi connectivity index (χ0v) is 40.9. The van der Waals surface area contributed by atoms with Crippen LogP contribution < -0.4 is 0 Å². The molecule has 1 N–H and O–H groups in total. The van der Waals surface area contributed by atoms with Crippen LogP contribution in [0.4, 0.5) is 0 Å². The maximum absolute atomic E-state index is 15.2. The van der Waals surface area contributed by atoms with Crippen LogP contribution in [0.2, 0.25) is 0 Å². The maximum atomic E-state index is 15.2. The Kier molecular flexibility index (Phi) is 11.0. The van der Waals surface area contributed by atoms with E-state index in [0.717, 1.165) is 86.9 Å². The summed E-state index contributed by atoms with van der Waals surface area (Å²) in [5, 5.41) is 11.2. The number of hydrogen-bond donors (Lipinski definition) is 1. The van der Waals surface area contributed by atoms with E-state index in [-0.39, 0.29) is 50.7 Å². The molecule has 0 aliphatic heterocycles. The van der Waals surface area contributed by atoms with Gasteiger partial charge in [0.1, 0.15) is 6.10 Å².